The molecule has 0 spiro atoms. The molecule has 3 heterocycles. The Morgan fingerprint density at radius 3 is 2.23 bits per heavy atom. The normalized spacial score (nSPS) is 19.2. The van der Waals surface area contributed by atoms with E-state index in [-0.39, 0.29) is 17.4 Å². The lowest BCUT2D eigenvalue weighted by atomic mass is 9.85. The standard InChI is InChI=1S/C35H44N6O2/c1-25-32(26(2)37-24-36-25)34(43)39-20-16-35(3,17-21-39)40-18-14-30(15-19-40)41(23-27-8-5-4-6-9-27)31-11-7-10-28(22-31)33(42)38-29-12-13-29/h4-11,22,24,29-30H,12-21,23H2,1-3H3,(H,38,42). The van der Waals surface area contributed by atoms with Crippen molar-refractivity contribution in [3.63, 3.8) is 0 Å². The number of likely N-dealkylation sites (tertiary alicyclic amines) is 2. The quantitative estimate of drug-likeness (QED) is 0.397. The van der Waals surface area contributed by atoms with Gasteiger partial charge >= 0.3 is 0 Å². The van der Waals surface area contributed by atoms with Gasteiger partial charge in [-0.05, 0) is 83.1 Å². The van der Waals surface area contributed by atoms with Crippen LogP contribution >= 0.6 is 0 Å². The van der Waals surface area contributed by atoms with Crippen LogP contribution in [0.5, 0.6) is 0 Å². The van der Waals surface area contributed by atoms with E-state index in [4.69, 9.17) is 0 Å². The lowest BCUT2D eigenvalue weighted by molar-refractivity contribution is 0.0170. The largest absolute Gasteiger partial charge is 0.364 e. The molecule has 2 aromatic carbocycles. The van der Waals surface area contributed by atoms with Crippen LogP contribution in [-0.2, 0) is 6.54 Å². The van der Waals surface area contributed by atoms with Gasteiger partial charge in [0, 0.05) is 61.6 Å². The highest BCUT2D eigenvalue weighted by atomic mass is 16.2. The molecule has 3 aliphatic rings. The lowest BCUT2D eigenvalue weighted by Gasteiger charge is -2.50. The summed E-state index contributed by atoms with van der Waals surface area (Å²) in [5.74, 6) is 0.0858. The molecule has 226 valence electrons. The van der Waals surface area contributed by atoms with E-state index in [1.54, 1.807) is 0 Å². The number of rotatable bonds is 8. The number of piperidine rings is 2. The molecule has 3 fully saturated rings. The van der Waals surface area contributed by atoms with Crippen LogP contribution in [0, 0.1) is 13.8 Å². The molecule has 0 radical (unpaired) electrons. The summed E-state index contributed by atoms with van der Waals surface area (Å²) in [5.41, 5.74) is 5.35. The number of hydrogen-bond acceptors (Lipinski definition) is 6. The minimum atomic E-state index is 0.0293. The fourth-order valence-electron chi connectivity index (χ4n) is 6.82. The molecule has 8 heteroatoms. The topological polar surface area (TPSA) is 81.7 Å². The number of carbonyl (C=O) groups is 2. The van der Waals surface area contributed by atoms with Crippen molar-refractivity contribution in [1.82, 2.24) is 25.1 Å². The first kappa shape index (κ1) is 29.3. The van der Waals surface area contributed by atoms with Gasteiger partial charge in [0.1, 0.15) is 6.33 Å². The Morgan fingerprint density at radius 2 is 1.58 bits per heavy atom. The first-order chi connectivity index (χ1) is 20.8. The second kappa shape index (κ2) is 12.4. The van der Waals surface area contributed by atoms with E-state index >= 15 is 0 Å². The minimum absolute atomic E-state index is 0.0293. The van der Waals surface area contributed by atoms with Gasteiger partial charge in [0.05, 0.1) is 17.0 Å². The molecule has 2 aliphatic heterocycles. The molecule has 43 heavy (non-hydrogen) atoms. The Hall–Kier alpha value is -3.78. The van der Waals surface area contributed by atoms with Gasteiger partial charge in [-0.3, -0.25) is 14.5 Å². The zero-order chi connectivity index (χ0) is 30.0. The number of nitrogens with one attached hydrogen (secondary N) is 1. The summed E-state index contributed by atoms with van der Waals surface area (Å²) in [5, 5.41) is 3.14. The van der Waals surface area contributed by atoms with Crippen LogP contribution in [-0.4, -0.2) is 75.4 Å². The van der Waals surface area contributed by atoms with Gasteiger partial charge in [-0.1, -0.05) is 36.4 Å². The Balaban J connectivity index is 1.12. The number of anilines is 1. The third-order valence-electron chi connectivity index (χ3n) is 9.79. The molecular formula is C35H44N6O2. The molecule has 1 aromatic heterocycles. The van der Waals surface area contributed by atoms with Crippen molar-refractivity contribution in [3.05, 3.63) is 89.0 Å². The van der Waals surface area contributed by atoms with E-state index in [0.717, 1.165) is 93.9 Å². The van der Waals surface area contributed by atoms with Gasteiger partial charge in [0.2, 0.25) is 0 Å². The minimum Gasteiger partial charge on any atom is -0.364 e. The van der Waals surface area contributed by atoms with Crippen LogP contribution in [0.15, 0.2) is 60.9 Å². The van der Waals surface area contributed by atoms with E-state index in [1.807, 2.05) is 30.9 Å². The smallest absolute Gasteiger partial charge is 0.257 e. The average Bonchev–Trinajstić information content (AvgIpc) is 3.85. The second-order valence-corrected chi connectivity index (χ2v) is 12.8. The third kappa shape index (κ3) is 6.59. The average molecular weight is 581 g/mol. The lowest BCUT2D eigenvalue weighted by Crippen LogP contribution is -2.58. The van der Waals surface area contributed by atoms with Gasteiger partial charge in [-0.25, -0.2) is 9.97 Å². The van der Waals surface area contributed by atoms with Crippen molar-refractivity contribution in [3.8, 4) is 0 Å². The number of hydrogen-bond donors (Lipinski definition) is 1. The Labute approximate surface area is 255 Å². The molecule has 2 amide bonds. The highest BCUT2D eigenvalue weighted by molar-refractivity contribution is 5.96. The van der Waals surface area contributed by atoms with E-state index in [0.29, 0.717) is 17.6 Å². The van der Waals surface area contributed by atoms with E-state index in [2.05, 4.69) is 74.5 Å². The summed E-state index contributed by atoms with van der Waals surface area (Å²) in [6.07, 6.45) is 7.73. The first-order valence-electron chi connectivity index (χ1n) is 15.8. The third-order valence-corrected chi connectivity index (χ3v) is 9.79. The SMILES string of the molecule is Cc1ncnc(C)c1C(=O)N1CCC(C)(N2CCC(N(Cc3ccccc3)c3cccc(C(=O)NC4CC4)c3)CC2)CC1. The molecule has 0 atom stereocenters. The Kier molecular flexibility index (Phi) is 8.48. The van der Waals surface area contributed by atoms with Crippen LogP contribution < -0.4 is 10.2 Å². The van der Waals surface area contributed by atoms with Gasteiger partial charge in [0.15, 0.2) is 0 Å². The molecule has 3 aromatic rings. The number of nitrogens with zero attached hydrogens (tertiary/aromatic N) is 5. The molecule has 8 nitrogen and oxygen atoms in total. The maximum Gasteiger partial charge on any atom is 0.257 e. The summed E-state index contributed by atoms with van der Waals surface area (Å²) in [7, 11) is 0. The summed E-state index contributed by atoms with van der Waals surface area (Å²) in [6.45, 7) is 10.5. The van der Waals surface area contributed by atoms with E-state index in [1.165, 1.54) is 11.9 Å². The summed E-state index contributed by atoms with van der Waals surface area (Å²) in [4.78, 5) is 41.9. The summed E-state index contributed by atoms with van der Waals surface area (Å²) >= 11 is 0. The predicted molar refractivity (Wildman–Crippen MR) is 169 cm³/mol. The van der Waals surface area contributed by atoms with E-state index < -0.39 is 0 Å². The molecule has 6 rings (SSSR count). The zero-order valence-electron chi connectivity index (χ0n) is 25.8. The number of amides is 2. The number of carbonyl (C=O) groups excluding carboxylic acids is 2. The van der Waals surface area contributed by atoms with Crippen molar-refractivity contribution in [1.29, 1.82) is 0 Å². The van der Waals surface area contributed by atoms with Gasteiger partial charge in [-0.15, -0.1) is 0 Å². The van der Waals surface area contributed by atoms with Gasteiger partial charge in [0.25, 0.3) is 11.8 Å². The van der Waals surface area contributed by atoms with Crippen molar-refractivity contribution in [2.75, 3.05) is 31.1 Å². The molecule has 0 bridgehead atoms. The molecule has 2 saturated heterocycles. The monoisotopic (exact) mass is 580 g/mol. The van der Waals surface area contributed by atoms with Crippen LogP contribution in [0.25, 0.3) is 0 Å². The van der Waals surface area contributed by atoms with Crippen molar-refractivity contribution in [2.24, 2.45) is 0 Å². The molecule has 0 unspecified atom stereocenters. The van der Waals surface area contributed by atoms with Crippen molar-refractivity contribution < 1.29 is 9.59 Å². The molecule has 1 N–H and O–H groups in total. The summed E-state index contributed by atoms with van der Waals surface area (Å²) < 4.78 is 0. The van der Waals surface area contributed by atoms with Crippen LogP contribution in [0.1, 0.15) is 83.1 Å². The maximum atomic E-state index is 13.4. The predicted octanol–water partition coefficient (Wildman–Crippen LogP) is 5.15. The van der Waals surface area contributed by atoms with Gasteiger partial charge < -0.3 is 15.1 Å². The Morgan fingerprint density at radius 1 is 0.907 bits per heavy atom. The van der Waals surface area contributed by atoms with Crippen molar-refractivity contribution in [2.45, 2.75) is 83.5 Å². The maximum absolute atomic E-state index is 13.4. The highest BCUT2D eigenvalue weighted by Crippen LogP contribution is 2.34. The summed E-state index contributed by atoms with van der Waals surface area (Å²) in [6, 6.07) is 19.5. The number of aromatic nitrogens is 2. The van der Waals surface area contributed by atoms with Gasteiger partial charge in [-0.2, -0.15) is 0 Å². The van der Waals surface area contributed by atoms with Crippen molar-refractivity contribution >= 4 is 17.5 Å². The highest BCUT2D eigenvalue weighted by Gasteiger charge is 2.40. The van der Waals surface area contributed by atoms with Crippen LogP contribution in [0.2, 0.25) is 0 Å². The van der Waals surface area contributed by atoms with Crippen LogP contribution in [0.4, 0.5) is 5.69 Å². The number of aryl methyl sites for hydroxylation is 2. The fraction of sp³-hybridized carbons (Fsp3) is 0.486. The first-order valence-corrected chi connectivity index (χ1v) is 15.8. The second-order valence-electron chi connectivity index (χ2n) is 12.8. The van der Waals surface area contributed by atoms with Crippen LogP contribution in [0.3, 0.4) is 0 Å². The molecular weight excluding hydrogens is 536 g/mol. The Bertz CT molecular complexity index is 1420. The molecule has 1 saturated carbocycles. The number of benzene rings is 2. The zero-order valence-corrected chi connectivity index (χ0v) is 25.8. The van der Waals surface area contributed by atoms with E-state index in [9.17, 15) is 9.59 Å². The molecule has 1 aliphatic carbocycles. The fourth-order valence-corrected chi connectivity index (χ4v) is 6.82.